The summed E-state index contributed by atoms with van der Waals surface area (Å²) in [5.74, 6) is 0.492. The van der Waals surface area contributed by atoms with Crippen LogP contribution in [0.1, 0.15) is 35.0 Å². The maximum Gasteiger partial charge on any atom is 0.253 e. The first-order chi connectivity index (χ1) is 12.5. The number of rotatable bonds is 6. The minimum atomic E-state index is -3.56. The van der Waals surface area contributed by atoms with Crippen molar-refractivity contribution < 1.29 is 13.2 Å². The van der Waals surface area contributed by atoms with Gasteiger partial charge in [0.15, 0.2) is 0 Å². The number of carbonyl (C=O) groups excluding carboxylic acids is 1. The number of piperidine rings is 1. The van der Waals surface area contributed by atoms with Gasteiger partial charge in [0, 0.05) is 30.1 Å². The fraction of sp³-hybridized carbons (Fsp3) is 0.421. The molecule has 1 aromatic carbocycles. The molecule has 140 valence electrons. The highest BCUT2D eigenvalue weighted by Crippen LogP contribution is 2.19. The van der Waals surface area contributed by atoms with Crippen LogP contribution >= 0.6 is 11.3 Å². The Kier molecular flexibility index (Phi) is 6.11. The Hall–Kier alpha value is -1.70. The van der Waals surface area contributed by atoms with Crippen molar-refractivity contribution >= 4 is 27.3 Å². The zero-order chi connectivity index (χ0) is 18.6. The average molecular weight is 393 g/mol. The van der Waals surface area contributed by atoms with Crippen molar-refractivity contribution in [2.24, 2.45) is 5.92 Å². The molecular formula is C19H24N2O3S2. The number of amides is 1. The van der Waals surface area contributed by atoms with Crippen LogP contribution < -0.4 is 4.72 Å². The number of hydrogen-bond acceptors (Lipinski definition) is 4. The Morgan fingerprint density at radius 1 is 1.27 bits per heavy atom. The van der Waals surface area contributed by atoms with E-state index in [-0.39, 0.29) is 10.8 Å². The zero-order valence-electron chi connectivity index (χ0n) is 14.8. The highest BCUT2D eigenvalue weighted by Gasteiger charge is 2.22. The number of carbonyl (C=O) groups is 1. The van der Waals surface area contributed by atoms with Crippen molar-refractivity contribution in [2.45, 2.75) is 31.1 Å². The molecule has 2 aromatic rings. The topological polar surface area (TPSA) is 66.5 Å². The predicted octanol–water partition coefficient (Wildman–Crippen LogP) is 3.14. The minimum absolute atomic E-state index is 0.0221. The largest absolute Gasteiger partial charge is 0.338 e. The number of hydrogen-bond donors (Lipinski definition) is 1. The van der Waals surface area contributed by atoms with Crippen molar-refractivity contribution in [2.75, 3.05) is 19.6 Å². The van der Waals surface area contributed by atoms with E-state index in [0.717, 1.165) is 30.8 Å². The number of thiophene rings is 1. The van der Waals surface area contributed by atoms with Gasteiger partial charge in [-0.3, -0.25) is 4.79 Å². The number of likely N-dealkylation sites (tertiary alicyclic amines) is 1. The number of sulfonamides is 1. The molecule has 1 amide bonds. The third-order valence-corrected chi connectivity index (χ3v) is 7.01. The Labute approximate surface area is 159 Å². The molecule has 2 heterocycles. The van der Waals surface area contributed by atoms with Crippen LogP contribution in [-0.4, -0.2) is 38.9 Å². The van der Waals surface area contributed by atoms with Crippen LogP contribution in [0.15, 0.2) is 46.7 Å². The smallest absolute Gasteiger partial charge is 0.253 e. The maximum absolute atomic E-state index is 12.6. The van der Waals surface area contributed by atoms with Gasteiger partial charge in [0.25, 0.3) is 5.91 Å². The van der Waals surface area contributed by atoms with E-state index >= 15 is 0 Å². The van der Waals surface area contributed by atoms with Gasteiger partial charge in [-0.05, 0) is 60.9 Å². The van der Waals surface area contributed by atoms with Gasteiger partial charge in [0.2, 0.25) is 10.0 Å². The van der Waals surface area contributed by atoms with Crippen LogP contribution in [0, 0.1) is 5.92 Å². The summed E-state index contributed by atoms with van der Waals surface area (Å²) >= 11 is 1.61. The summed E-state index contributed by atoms with van der Waals surface area (Å²) in [7, 11) is -3.56. The molecular weight excluding hydrogens is 368 g/mol. The summed E-state index contributed by atoms with van der Waals surface area (Å²) in [4.78, 5) is 15.8. The molecule has 1 saturated heterocycles. The van der Waals surface area contributed by atoms with Gasteiger partial charge in [-0.25, -0.2) is 13.1 Å². The van der Waals surface area contributed by atoms with Crippen LogP contribution in [0.4, 0.5) is 0 Å². The van der Waals surface area contributed by atoms with Crippen molar-refractivity contribution in [1.82, 2.24) is 9.62 Å². The Morgan fingerprint density at radius 3 is 2.69 bits per heavy atom. The second kappa shape index (κ2) is 8.33. The molecule has 3 rings (SSSR count). The Balaban J connectivity index is 1.61. The van der Waals surface area contributed by atoms with Crippen molar-refractivity contribution in [3.8, 4) is 0 Å². The standard InChI is InChI=1S/C19H24N2O3S2/c1-15-4-2-12-21(14-15)19(22)16-6-8-18(9-7-16)26(23,24)20-11-10-17-5-3-13-25-17/h3,5-9,13,15,20H,2,4,10-12,14H2,1H3/t15-/m1/s1. The van der Waals surface area contributed by atoms with Gasteiger partial charge >= 0.3 is 0 Å². The van der Waals surface area contributed by atoms with Gasteiger partial charge in [0.1, 0.15) is 0 Å². The lowest BCUT2D eigenvalue weighted by atomic mass is 9.99. The van der Waals surface area contributed by atoms with Crippen molar-refractivity contribution in [3.63, 3.8) is 0 Å². The molecule has 7 heteroatoms. The van der Waals surface area contributed by atoms with Gasteiger partial charge in [-0.2, -0.15) is 0 Å². The summed E-state index contributed by atoms with van der Waals surface area (Å²) < 4.78 is 27.4. The molecule has 1 aromatic heterocycles. The fourth-order valence-electron chi connectivity index (χ4n) is 3.18. The van der Waals surface area contributed by atoms with Gasteiger partial charge in [-0.1, -0.05) is 13.0 Å². The SMILES string of the molecule is C[C@@H]1CCCN(C(=O)c2ccc(S(=O)(=O)NCCc3cccs3)cc2)C1. The first-order valence-corrected chi connectivity index (χ1v) is 11.2. The first kappa shape index (κ1) is 19.1. The molecule has 0 saturated carbocycles. The quantitative estimate of drug-likeness (QED) is 0.821. The van der Waals surface area contributed by atoms with Crippen LogP contribution in [0.3, 0.4) is 0 Å². The van der Waals surface area contributed by atoms with E-state index in [1.807, 2.05) is 22.4 Å². The van der Waals surface area contributed by atoms with E-state index in [4.69, 9.17) is 0 Å². The molecule has 0 aliphatic carbocycles. The first-order valence-electron chi connectivity index (χ1n) is 8.87. The molecule has 0 spiro atoms. The molecule has 5 nitrogen and oxygen atoms in total. The van der Waals surface area contributed by atoms with E-state index in [1.165, 1.54) is 12.1 Å². The predicted molar refractivity (Wildman–Crippen MR) is 104 cm³/mol. The van der Waals surface area contributed by atoms with E-state index < -0.39 is 10.0 Å². The summed E-state index contributed by atoms with van der Waals surface area (Å²) in [5.41, 5.74) is 0.539. The molecule has 0 radical (unpaired) electrons. The lowest BCUT2D eigenvalue weighted by Crippen LogP contribution is -2.39. The van der Waals surface area contributed by atoms with Gasteiger partial charge < -0.3 is 4.90 Å². The molecule has 1 aliphatic rings. The maximum atomic E-state index is 12.6. The fourth-order valence-corrected chi connectivity index (χ4v) is 4.92. The zero-order valence-corrected chi connectivity index (χ0v) is 16.5. The highest BCUT2D eigenvalue weighted by molar-refractivity contribution is 7.89. The lowest BCUT2D eigenvalue weighted by molar-refractivity contribution is 0.0683. The van der Waals surface area contributed by atoms with Crippen LogP contribution in [-0.2, 0) is 16.4 Å². The van der Waals surface area contributed by atoms with E-state index in [1.54, 1.807) is 23.5 Å². The van der Waals surface area contributed by atoms with E-state index in [0.29, 0.717) is 24.4 Å². The molecule has 1 N–H and O–H groups in total. The van der Waals surface area contributed by atoms with Crippen LogP contribution in [0.5, 0.6) is 0 Å². The summed E-state index contributed by atoms with van der Waals surface area (Å²) in [5, 5.41) is 1.97. The molecule has 1 fully saturated rings. The van der Waals surface area contributed by atoms with E-state index in [9.17, 15) is 13.2 Å². The normalized spacial score (nSPS) is 18.0. The summed E-state index contributed by atoms with van der Waals surface area (Å²) in [6, 6.07) is 10.2. The summed E-state index contributed by atoms with van der Waals surface area (Å²) in [6.07, 6.45) is 2.84. The molecule has 1 atom stereocenters. The monoisotopic (exact) mass is 392 g/mol. The lowest BCUT2D eigenvalue weighted by Gasteiger charge is -2.31. The average Bonchev–Trinajstić information content (AvgIpc) is 3.14. The second-order valence-corrected chi connectivity index (χ2v) is 9.55. The van der Waals surface area contributed by atoms with Crippen LogP contribution in [0.2, 0.25) is 0 Å². The number of nitrogens with zero attached hydrogens (tertiary/aromatic N) is 1. The molecule has 0 unspecified atom stereocenters. The van der Waals surface area contributed by atoms with Gasteiger partial charge in [0.05, 0.1) is 4.90 Å². The summed E-state index contributed by atoms with van der Waals surface area (Å²) in [6.45, 7) is 4.04. The molecule has 26 heavy (non-hydrogen) atoms. The third kappa shape index (κ3) is 4.72. The number of benzene rings is 1. The Bertz CT molecular complexity index is 830. The van der Waals surface area contributed by atoms with Crippen molar-refractivity contribution in [3.05, 3.63) is 52.2 Å². The Morgan fingerprint density at radius 2 is 2.04 bits per heavy atom. The van der Waals surface area contributed by atoms with Gasteiger partial charge in [-0.15, -0.1) is 11.3 Å². The minimum Gasteiger partial charge on any atom is -0.338 e. The third-order valence-electron chi connectivity index (χ3n) is 4.60. The number of nitrogens with one attached hydrogen (secondary N) is 1. The highest BCUT2D eigenvalue weighted by atomic mass is 32.2. The second-order valence-electron chi connectivity index (χ2n) is 6.75. The van der Waals surface area contributed by atoms with Crippen molar-refractivity contribution in [1.29, 1.82) is 0 Å². The molecule has 1 aliphatic heterocycles. The van der Waals surface area contributed by atoms with Crippen LogP contribution in [0.25, 0.3) is 0 Å². The van der Waals surface area contributed by atoms with E-state index in [2.05, 4.69) is 11.6 Å². The molecule has 0 bridgehead atoms.